The molecule has 13 nitrogen and oxygen atoms in total. The van der Waals surface area contributed by atoms with Crippen molar-refractivity contribution in [2.75, 3.05) is 58.1 Å². The lowest BCUT2D eigenvalue weighted by molar-refractivity contribution is -0.136. The molecule has 0 bridgehead atoms. The number of alkyl carbamates (subject to hydrolysis) is 1. The van der Waals surface area contributed by atoms with Gasteiger partial charge in [0.2, 0.25) is 11.8 Å². The number of carbonyl (C=O) groups is 5. The van der Waals surface area contributed by atoms with Crippen LogP contribution in [0.25, 0.3) is 0 Å². The number of imide groups is 2. The molecule has 0 aromatic heterocycles. The fraction of sp³-hybridized carbons (Fsp3) is 0.577. The lowest BCUT2D eigenvalue weighted by atomic mass is 10.0. The van der Waals surface area contributed by atoms with Gasteiger partial charge in [0.25, 0.3) is 11.8 Å². The summed E-state index contributed by atoms with van der Waals surface area (Å²) in [5.41, 5.74) is 0.533. The Balaban J connectivity index is 1.28. The molecule has 3 N–H and O–H groups in total. The third-order valence-corrected chi connectivity index (χ3v) is 5.71. The molecule has 2 aliphatic rings. The normalized spacial score (nSPS) is 17.2. The van der Waals surface area contributed by atoms with Crippen LogP contribution < -0.4 is 16.0 Å². The molecule has 1 saturated heterocycles. The summed E-state index contributed by atoms with van der Waals surface area (Å²) in [6.45, 7) is 8.16. The zero-order valence-electron chi connectivity index (χ0n) is 22.5. The largest absolute Gasteiger partial charge is 0.447 e. The lowest BCUT2D eigenvalue weighted by Gasteiger charge is -2.27. The maximum absolute atomic E-state index is 13.1. The summed E-state index contributed by atoms with van der Waals surface area (Å²) < 4.78 is 21.3. The highest BCUT2D eigenvalue weighted by Crippen LogP contribution is 2.32. The molecule has 1 fully saturated rings. The molecule has 0 aliphatic carbocycles. The zero-order chi connectivity index (χ0) is 28.4. The molecule has 13 heteroatoms. The van der Waals surface area contributed by atoms with Gasteiger partial charge >= 0.3 is 6.09 Å². The first-order valence-corrected chi connectivity index (χ1v) is 12.8. The van der Waals surface area contributed by atoms with Crippen molar-refractivity contribution >= 4 is 35.4 Å². The number of ether oxygens (including phenoxy) is 4. The van der Waals surface area contributed by atoms with Gasteiger partial charge in [-0.15, -0.1) is 0 Å². The van der Waals surface area contributed by atoms with Crippen LogP contribution in [0.1, 0.15) is 54.3 Å². The molecular weight excluding hydrogens is 512 g/mol. The van der Waals surface area contributed by atoms with Crippen LogP contribution in [-0.2, 0) is 28.5 Å². The van der Waals surface area contributed by atoms with E-state index in [-0.39, 0.29) is 42.7 Å². The zero-order valence-corrected chi connectivity index (χ0v) is 22.5. The first-order chi connectivity index (χ1) is 18.6. The molecule has 1 atom stereocenters. The number of nitrogens with zero attached hydrogens (tertiary/aromatic N) is 1. The first-order valence-electron chi connectivity index (χ1n) is 12.8. The van der Waals surface area contributed by atoms with Gasteiger partial charge in [0.05, 0.1) is 50.8 Å². The second-order valence-electron chi connectivity index (χ2n) is 9.95. The van der Waals surface area contributed by atoms with Gasteiger partial charge in [-0.3, -0.25) is 29.4 Å². The Morgan fingerprint density at radius 2 is 1.59 bits per heavy atom. The Hall–Kier alpha value is -3.55. The van der Waals surface area contributed by atoms with Crippen molar-refractivity contribution in [2.24, 2.45) is 0 Å². The van der Waals surface area contributed by atoms with E-state index < -0.39 is 35.8 Å². The maximum Gasteiger partial charge on any atom is 0.407 e. The van der Waals surface area contributed by atoms with Crippen LogP contribution in [0, 0.1) is 0 Å². The summed E-state index contributed by atoms with van der Waals surface area (Å²) in [5.74, 6) is -2.18. The number of piperidine rings is 1. The van der Waals surface area contributed by atoms with Gasteiger partial charge in [-0.25, -0.2) is 4.79 Å². The van der Waals surface area contributed by atoms with E-state index in [4.69, 9.17) is 18.9 Å². The van der Waals surface area contributed by atoms with Crippen LogP contribution in [-0.4, -0.2) is 99.0 Å². The summed E-state index contributed by atoms with van der Waals surface area (Å²) in [5, 5.41) is 7.98. The Labute approximate surface area is 226 Å². The van der Waals surface area contributed by atoms with Crippen LogP contribution in [0.15, 0.2) is 18.2 Å². The van der Waals surface area contributed by atoms with E-state index in [1.54, 1.807) is 18.2 Å². The topological polar surface area (TPSA) is 162 Å². The number of anilines is 1. The third kappa shape index (κ3) is 8.73. The van der Waals surface area contributed by atoms with E-state index in [1.165, 1.54) is 0 Å². The summed E-state index contributed by atoms with van der Waals surface area (Å²) in [6, 6.07) is 3.87. The van der Waals surface area contributed by atoms with Gasteiger partial charge in [0.1, 0.15) is 12.6 Å². The molecule has 2 heterocycles. The van der Waals surface area contributed by atoms with Crippen LogP contribution in [0.4, 0.5) is 10.5 Å². The number of rotatable bonds is 14. The van der Waals surface area contributed by atoms with Gasteiger partial charge in [0, 0.05) is 24.2 Å². The molecule has 1 unspecified atom stereocenters. The molecule has 0 saturated carbocycles. The van der Waals surface area contributed by atoms with Crippen LogP contribution >= 0.6 is 0 Å². The highest BCUT2D eigenvalue weighted by atomic mass is 16.6. The standard InChI is InChI=1S/C26H36N4O9/c1-26(2,3)29-25(35)39-16-15-38-14-13-37-12-11-36-10-9-27-18-6-4-5-17-21(18)24(34)30(23(17)33)19-7-8-20(31)28-22(19)32/h4-6,19,27H,7-16H2,1-3H3,(H,29,35)(H,28,31,32). The fourth-order valence-electron chi connectivity index (χ4n) is 4.00. The molecule has 39 heavy (non-hydrogen) atoms. The molecule has 2 aliphatic heterocycles. The van der Waals surface area contributed by atoms with Crippen LogP contribution in [0.3, 0.4) is 0 Å². The van der Waals surface area contributed by atoms with Gasteiger partial charge in [-0.2, -0.15) is 0 Å². The van der Waals surface area contributed by atoms with Crippen molar-refractivity contribution in [3.05, 3.63) is 29.3 Å². The highest BCUT2D eigenvalue weighted by Gasteiger charge is 2.45. The second-order valence-corrected chi connectivity index (χ2v) is 9.95. The molecule has 214 valence electrons. The molecule has 1 aromatic rings. The number of carbonyl (C=O) groups excluding carboxylic acids is 5. The van der Waals surface area contributed by atoms with E-state index in [0.717, 1.165) is 4.90 Å². The van der Waals surface area contributed by atoms with E-state index in [0.29, 0.717) is 45.3 Å². The van der Waals surface area contributed by atoms with E-state index in [9.17, 15) is 24.0 Å². The molecule has 3 rings (SSSR count). The number of nitrogens with one attached hydrogen (secondary N) is 3. The molecular formula is C26H36N4O9. The van der Waals surface area contributed by atoms with Crippen molar-refractivity contribution < 1.29 is 42.9 Å². The Morgan fingerprint density at radius 1 is 0.949 bits per heavy atom. The van der Waals surface area contributed by atoms with Gasteiger partial charge in [-0.05, 0) is 39.3 Å². The summed E-state index contributed by atoms with van der Waals surface area (Å²) in [6.07, 6.45) is -0.318. The average Bonchev–Trinajstić information content (AvgIpc) is 3.11. The van der Waals surface area contributed by atoms with Crippen molar-refractivity contribution in [2.45, 2.75) is 45.2 Å². The number of hydrogen-bond donors (Lipinski definition) is 3. The van der Waals surface area contributed by atoms with Gasteiger partial charge in [0.15, 0.2) is 0 Å². The minimum Gasteiger partial charge on any atom is -0.447 e. The smallest absolute Gasteiger partial charge is 0.407 e. The van der Waals surface area contributed by atoms with Gasteiger partial charge in [-0.1, -0.05) is 6.07 Å². The predicted octanol–water partition coefficient (Wildman–Crippen LogP) is 1.07. The minimum atomic E-state index is -1.01. The number of amides is 5. The Morgan fingerprint density at radius 3 is 2.23 bits per heavy atom. The quantitative estimate of drug-likeness (QED) is 0.227. The van der Waals surface area contributed by atoms with Crippen molar-refractivity contribution in [3.8, 4) is 0 Å². The molecule has 1 aromatic carbocycles. The van der Waals surface area contributed by atoms with Crippen LogP contribution in [0.5, 0.6) is 0 Å². The summed E-state index contributed by atoms with van der Waals surface area (Å²) in [4.78, 5) is 62.1. The van der Waals surface area contributed by atoms with Crippen LogP contribution in [0.2, 0.25) is 0 Å². The van der Waals surface area contributed by atoms with Gasteiger partial charge < -0.3 is 29.6 Å². The molecule has 0 radical (unpaired) electrons. The Kier molecular flexibility index (Phi) is 10.8. The lowest BCUT2D eigenvalue weighted by Crippen LogP contribution is -2.54. The van der Waals surface area contributed by atoms with E-state index in [1.807, 2.05) is 20.8 Å². The second kappa shape index (κ2) is 14.0. The highest BCUT2D eigenvalue weighted by molar-refractivity contribution is 6.25. The molecule has 5 amide bonds. The summed E-state index contributed by atoms with van der Waals surface area (Å²) >= 11 is 0. The summed E-state index contributed by atoms with van der Waals surface area (Å²) in [7, 11) is 0. The number of fused-ring (bicyclic) bond motifs is 1. The van der Waals surface area contributed by atoms with Crippen molar-refractivity contribution in [1.82, 2.24) is 15.5 Å². The van der Waals surface area contributed by atoms with Crippen molar-refractivity contribution in [1.29, 1.82) is 0 Å². The molecule has 0 spiro atoms. The van der Waals surface area contributed by atoms with Crippen molar-refractivity contribution in [3.63, 3.8) is 0 Å². The maximum atomic E-state index is 13.1. The SMILES string of the molecule is CC(C)(C)NC(=O)OCCOCCOCCOCCNc1cccc2c1C(=O)N(C1CCC(=O)NC1=O)C2=O. The van der Waals surface area contributed by atoms with E-state index in [2.05, 4.69) is 16.0 Å². The number of hydrogen-bond acceptors (Lipinski definition) is 10. The monoisotopic (exact) mass is 548 g/mol. The minimum absolute atomic E-state index is 0.0654. The Bertz CT molecular complexity index is 1070. The number of benzene rings is 1. The predicted molar refractivity (Wildman–Crippen MR) is 138 cm³/mol. The average molecular weight is 549 g/mol. The first kappa shape index (κ1) is 30.0. The fourth-order valence-corrected chi connectivity index (χ4v) is 4.00. The van der Waals surface area contributed by atoms with E-state index >= 15 is 0 Å². The third-order valence-electron chi connectivity index (χ3n) is 5.71.